The second-order valence-corrected chi connectivity index (χ2v) is 6.73. The smallest absolute Gasteiger partial charge is 0.240 e. The van der Waals surface area contributed by atoms with E-state index in [0.29, 0.717) is 0 Å². The van der Waals surface area contributed by atoms with Gasteiger partial charge in [0.05, 0.1) is 11.7 Å². The van der Waals surface area contributed by atoms with Gasteiger partial charge in [-0.3, -0.25) is 0 Å². The number of nitrogens with one attached hydrogen (secondary N) is 1. The van der Waals surface area contributed by atoms with Crippen molar-refractivity contribution < 1.29 is 8.42 Å². The predicted octanol–water partition coefficient (Wildman–Crippen LogP) is 1.94. The fourth-order valence-corrected chi connectivity index (χ4v) is 3.26. The van der Waals surface area contributed by atoms with Crippen molar-refractivity contribution in [2.45, 2.75) is 24.3 Å². The maximum Gasteiger partial charge on any atom is 0.240 e. The van der Waals surface area contributed by atoms with Gasteiger partial charge >= 0.3 is 0 Å². The summed E-state index contributed by atoms with van der Waals surface area (Å²) in [6.07, 6.45) is 2.60. The topological polar surface area (TPSA) is 111 Å². The average Bonchev–Trinajstić information content (AvgIpc) is 2.88. The molecule has 0 radical (unpaired) electrons. The highest BCUT2D eigenvalue weighted by Gasteiger charge is 2.15. The molecule has 5 N–H and O–H groups in total. The second-order valence-electron chi connectivity index (χ2n) is 4.27. The minimum Gasteiger partial charge on any atom is -0.398 e. The summed E-state index contributed by atoms with van der Waals surface area (Å²) >= 11 is 1.57. The second kappa shape index (κ2) is 5.78. The largest absolute Gasteiger partial charge is 0.398 e. The van der Waals surface area contributed by atoms with E-state index in [2.05, 4.69) is 10.3 Å². The van der Waals surface area contributed by atoms with Crippen LogP contribution in [0.15, 0.2) is 34.7 Å². The van der Waals surface area contributed by atoms with E-state index >= 15 is 0 Å². The predicted molar refractivity (Wildman–Crippen MR) is 81.0 cm³/mol. The van der Waals surface area contributed by atoms with Gasteiger partial charge < -0.3 is 11.1 Å². The van der Waals surface area contributed by atoms with Gasteiger partial charge in [0.15, 0.2) is 0 Å². The summed E-state index contributed by atoms with van der Waals surface area (Å²) in [4.78, 5) is 4.21. The van der Waals surface area contributed by atoms with Crippen LogP contribution >= 0.6 is 11.3 Å². The monoisotopic (exact) mass is 312 g/mol. The van der Waals surface area contributed by atoms with Crippen LogP contribution in [0.2, 0.25) is 0 Å². The van der Waals surface area contributed by atoms with Crippen LogP contribution in [0.1, 0.15) is 24.4 Å². The molecule has 2 aromatic rings. The Bertz CT molecular complexity index is 683. The number of benzene rings is 1. The molecule has 1 heterocycles. The van der Waals surface area contributed by atoms with Crippen LogP contribution in [-0.4, -0.2) is 13.4 Å². The summed E-state index contributed by atoms with van der Waals surface area (Å²) in [6.45, 7) is 2.04. The molecule has 1 unspecified atom stereocenters. The molecule has 1 aromatic carbocycles. The number of hydrogen-bond donors (Lipinski definition) is 3. The zero-order chi connectivity index (χ0) is 14.8. The molecule has 2 rings (SSSR count). The van der Waals surface area contributed by atoms with Gasteiger partial charge in [-0.2, -0.15) is 0 Å². The molecular formula is C12H16N4O2S2. The lowest BCUT2D eigenvalue weighted by Gasteiger charge is -2.16. The van der Waals surface area contributed by atoms with Crippen molar-refractivity contribution in [3.63, 3.8) is 0 Å². The third-order valence-corrected chi connectivity index (χ3v) is 4.69. The maximum absolute atomic E-state index is 11.3. The van der Waals surface area contributed by atoms with Crippen molar-refractivity contribution in [1.29, 1.82) is 0 Å². The number of rotatable bonds is 5. The molecule has 0 saturated carbocycles. The fraction of sp³-hybridized carbons (Fsp3) is 0.250. The lowest BCUT2D eigenvalue weighted by molar-refractivity contribution is 0.598. The molecule has 0 saturated heterocycles. The van der Waals surface area contributed by atoms with E-state index in [1.165, 1.54) is 6.07 Å². The molecule has 0 spiro atoms. The van der Waals surface area contributed by atoms with Crippen molar-refractivity contribution in [3.8, 4) is 0 Å². The van der Waals surface area contributed by atoms with Gasteiger partial charge in [0, 0.05) is 17.3 Å². The zero-order valence-electron chi connectivity index (χ0n) is 10.9. The minimum atomic E-state index is -3.79. The maximum atomic E-state index is 11.3. The standard InChI is InChI=1S/C12H16N4O2S2/c1-2-10(12-15-5-6-19-12)16-8-3-4-11(9(13)7-8)20(14,17)18/h3-7,10,16H,2,13H2,1H3,(H2,14,17,18). The highest BCUT2D eigenvalue weighted by atomic mass is 32.2. The Morgan fingerprint density at radius 2 is 2.20 bits per heavy atom. The number of anilines is 2. The van der Waals surface area contributed by atoms with E-state index in [4.69, 9.17) is 10.9 Å². The molecule has 108 valence electrons. The highest BCUT2D eigenvalue weighted by Crippen LogP contribution is 2.27. The Kier molecular flexibility index (Phi) is 4.26. The first-order valence-corrected chi connectivity index (χ1v) is 8.42. The molecular weight excluding hydrogens is 296 g/mol. The average molecular weight is 312 g/mol. The SMILES string of the molecule is CCC(Nc1ccc(S(N)(=O)=O)c(N)c1)c1nccs1. The molecule has 8 heteroatoms. The summed E-state index contributed by atoms with van der Waals surface area (Å²) < 4.78 is 22.6. The number of aromatic nitrogens is 1. The van der Waals surface area contributed by atoms with Crippen LogP contribution in [0.5, 0.6) is 0 Å². The molecule has 0 aliphatic heterocycles. The third-order valence-electron chi connectivity index (χ3n) is 2.81. The van der Waals surface area contributed by atoms with Gasteiger partial charge in [0.25, 0.3) is 0 Å². The first kappa shape index (κ1) is 14.8. The van der Waals surface area contributed by atoms with Gasteiger partial charge in [-0.25, -0.2) is 18.5 Å². The van der Waals surface area contributed by atoms with Crippen LogP contribution in [-0.2, 0) is 10.0 Å². The number of hydrogen-bond acceptors (Lipinski definition) is 6. The molecule has 0 aliphatic carbocycles. The van der Waals surface area contributed by atoms with E-state index in [-0.39, 0.29) is 16.6 Å². The number of sulfonamides is 1. The molecule has 20 heavy (non-hydrogen) atoms. The Morgan fingerprint density at radius 1 is 1.45 bits per heavy atom. The first-order valence-electron chi connectivity index (χ1n) is 6.00. The van der Waals surface area contributed by atoms with E-state index in [9.17, 15) is 8.42 Å². The number of nitrogens with two attached hydrogens (primary N) is 2. The van der Waals surface area contributed by atoms with Crippen molar-refractivity contribution >= 4 is 32.7 Å². The summed E-state index contributed by atoms with van der Waals surface area (Å²) in [7, 11) is -3.79. The molecule has 6 nitrogen and oxygen atoms in total. The number of nitrogen functional groups attached to an aromatic ring is 1. The molecule has 1 aromatic heterocycles. The van der Waals surface area contributed by atoms with Crippen LogP contribution in [0, 0.1) is 0 Å². The van der Waals surface area contributed by atoms with Crippen molar-refractivity contribution in [3.05, 3.63) is 34.8 Å². The zero-order valence-corrected chi connectivity index (χ0v) is 12.5. The molecule has 0 fully saturated rings. The lowest BCUT2D eigenvalue weighted by Crippen LogP contribution is -2.15. The summed E-state index contributed by atoms with van der Waals surface area (Å²) in [5.41, 5.74) is 6.60. The third kappa shape index (κ3) is 3.27. The van der Waals surface area contributed by atoms with Crippen LogP contribution in [0.25, 0.3) is 0 Å². The molecule has 1 atom stereocenters. The highest BCUT2D eigenvalue weighted by molar-refractivity contribution is 7.89. The number of nitrogens with zero attached hydrogens (tertiary/aromatic N) is 1. The van der Waals surface area contributed by atoms with Crippen molar-refractivity contribution in [2.24, 2.45) is 5.14 Å². The van der Waals surface area contributed by atoms with E-state index < -0.39 is 10.0 Å². The fourth-order valence-electron chi connectivity index (χ4n) is 1.84. The van der Waals surface area contributed by atoms with Crippen LogP contribution < -0.4 is 16.2 Å². The van der Waals surface area contributed by atoms with Crippen LogP contribution in [0.4, 0.5) is 11.4 Å². The molecule has 0 bridgehead atoms. The summed E-state index contributed by atoms with van der Waals surface area (Å²) in [5, 5.41) is 11.2. The first-order chi connectivity index (χ1) is 9.41. The van der Waals surface area contributed by atoms with Crippen LogP contribution in [0.3, 0.4) is 0 Å². The Morgan fingerprint density at radius 3 is 2.70 bits per heavy atom. The van der Waals surface area contributed by atoms with Crippen molar-refractivity contribution in [2.75, 3.05) is 11.1 Å². The molecule has 0 aliphatic rings. The molecule has 0 amide bonds. The lowest BCUT2D eigenvalue weighted by atomic mass is 10.2. The number of primary sulfonamides is 1. The normalized spacial score (nSPS) is 13.1. The summed E-state index contributed by atoms with van der Waals surface area (Å²) in [5.74, 6) is 0. The number of thiazole rings is 1. The Labute approximate surface area is 121 Å². The van der Waals surface area contributed by atoms with Crippen molar-refractivity contribution in [1.82, 2.24) is 4.98 Å². The Balaban J connectivity index is 2.24. The van der Waals surface area contributed by atoms with E-state index in [0.717, 1.165) is 17.1 Å². The van der Waals surface area contributed by atoms with Gasteiger partial charge in [0.1, 0.15) is 9.90 Å². The van der Waals surface area contributed by atoms with E-state index in [1.807, 2.05) is 12.3 Å². The van der Waals surface area contributed by atoms with Gasteiger partial charge in [-0.15, -0.1) is 11.3 Å². The van der Waals surface area contributed by atoms with E-state index in [1.54, 1.807) is 29.7 Å². The minimum absolute atomic E-state index is 0.0645. The quantitative estimate of drug-likeness (QED) is 0.731. The Hall–Kier alpha value is -1.64. The van der Waals surface area contributed by atoms with Gasteiger partial charge in [0.2, 0.25) is 10.0 Å². The van der Waals surface area contributed by atoms with Gasteiger partial charge in [-0.05, 0) is 24.6 Å². The summed E-state index contributed by atoms with van der Waals surface area (Å²) in [6, 6.07) is 4.68. The van der Waals surface area contributed by atoms with Gasteiger partial charge in [-0.1, -0.05) is 6.92 Å².